The van der Waals surface area contributed by atoms with Crippen LogP contribution in [0.4, 0.5) is 4.39 Å². The number of carbonyl (C=O) groups excluding carboxylic acids is 2. The maximum Gasteiger partial charge on any atom is 0.259 e. The summed E-state index contributed by atoms with van der Waals surface area (Å²) in [6.07, 6.45) is 4.59. The van der Waals surface area contributed by atoms with Gasteiger partial charge in [0.05, 0.1) is 25.0 Å². The first-order valence-corrected chi connectivity index (χ1v) is 10.0. The molecule has 2 aromatic rings. The van der Waals surface area contributed by atoms with Gasteiger partial charge in [0.1, 0.15) is 23.3 Å². The number of benzene rings is 1. The van der Waals surface area contributed by atoms with E-state index < -0.39 is 23.5 Å². The second kappa shape index (κ2) is 7.99. The summed E-state index contributed by atoms with van der Waals surface area (Å²) >= 11 is 0. The summed E-state index contributed by atoms with van der Waals surface area (Å²) in [4.78, 5) is 27.8. The van der Waals surface area contributed by atoms with Gasteiger partial charge in [-0.05, 0) is 55.9 Å². The Morgan fingerprint density at radius 2 is 1.97 bits per heavy atom. The largest absolute Gasteiger partial charge is 0.467 e. The Morgan fingerprint density at radius 3 is 2.66 bits per heavy atom. The fraction of sp³-hybridized carbons (Fsp3) is 0.455. The van der Waals surface area contributed by atoms with Crippen LogP contribution in [-0.4, -0.2) is 35.1 Å². The maximum atomic E-state index is 14.4. The molecule has 6 nitrogen and oxygen atoms in total. The summed E-state index contributed by atoms with van der Waals surface area (Å²) in [6, 6.07) is 8.56. The van der Waals surface area contributed by atoms with Gasteiger partial charge in [-0.25, -0.2) is 4.39 Å². The first-order valence-electron chi connectivity index (χ1n) is 10.0. The third-order valence-electron chi connectivity index (χ3n) is 5.96. The van der Waals surface area contributed by atoms with Crippen molar-refractivity contribution < 1.29 is 23.1 Å². The van der Waals surface area contributed by atoms with Gasteiger partial charge in [-0.1, -0.05) is 19.1 Å². The standard InChI is InChI=1S/C22H25FN2O4/c1-15-8-10-22(11-9-15)25(21(27)17-6-2-3-7-18(17)23)19(14-29-22)20(26)24-13-16-5-4-12-28-16/h2-7,12,15,19H,8-11,13-14H2,1H3,(H,24,26)/t15?,19-,22?/m0/s1. The van der Waals surface area contributed by atoms with E-state index in [9.17, 15) is 14.0 Å². The monoisotopic (exact) mass is 400 g/mol. The Kier molecular flexibility index (Phi) is 5.41. The summed E-state index contributed by atoms with van der Waals surface area (Å²) in [7, 11) is 0. The third-order valence-corrected chi connectivity index (χ3v) is 5.96. The summed E-state index contributed by atoms with van der Waals surface area (Å²) in [6.45, 7) is 2.48. The lowest BCUT2D eigenvalue weighted by atomic mass is 9.83. The number of carbonyl (C=O) groups is 2. The summed E-state index contributed by atoms with van der Waals surface area (Å²) in [5, 5.41) is 2.81. The van der Waals surface area contributed by atoms with Gasteiger partial charge in [-0.2, -0.15) is 0 Å². The molecule has 1 saturated carbocycles. The number of nitrogens with one attached hydrogen (secondary N) is 1. The van der Waals surface area contributed by atoms with Crippen LogP contribution >= 0.6 is 0 Å². The number of nitrogens with zero attached hydrogens (tertiary/aromatic N) is 1. The molecule has 1 spiro atoms. The molecule has 29 heavy (non-hydrogen) atoms. The molecule has 154 valence electrons. The molecule has 1 N–H and O–H groups in total. The molecular formula is C22H25FN2O4. The van der Waals surface area contributed by atoms with Gasteiger partial charge in [0, 0.05) is 0 Å². The fourth-order valence-corrected chi connectivity index (χ4v) is 4.25. The Hall–Kier alpha value is -2.67. The normalized spacial score (nSPS) is 26.6. The van der Waals surface area contributed by atoms with Crippen molar-refractivity contribution in [1.29, 1.82) is 0 Å². The van der Waals surface area contributed by atoms with E-state index in [0.717, 1.165) is 12.8 Å². The van der Waals surface area contributed by atoms with Crippen molar-refractivity contribution in [3.8, 4) is 0 Å². The Labute approximate surface area is 169 Å². The van der Waals surface area contributed by atoms with Crippen LogP contribution in [0.2, 0.25) is 0 Å². The van der Waals surface area contributed by atoms with E-state index in [1.807, 2.05) is 0 Å². The first-order chi connectivity index (χ1) is 14.0. The fourth-order valence-electron chi connectivity index (χ4n) is 4.25. The highest BCUT2D eigenvalue weighted by Crippen LogP contribution is 2.43. The lowest BCUT2D eigenvalue weighted by molar-refractivity contribution is -0.128. The van der Waals surface area contributed by atoms with Crippen LogP contribution in [0.5, 0.6) is 0 Å². The van der Waals surface area contributed by atoms with Crippen molar-refractivity contribution in [2.45, 2.75) is 50.9 Å². The molecule has 2 heterocycles. The Morgan fingerprint density at radius 1 is 1.21 bits per heavy atom. The topological polar surface area (TPSA) is 71.8 Å². The van der Waals surface area contributed by atoms with Crippen LogP contribution in [0.25, 0.3) is 0 Å². The van der Waals surface area contributed by atoms with Gasteiger partial charge >= 0.3 is 0 Å². The minimum absolute atomic E-state index is 0.0418. The molecule has 2 fully saturated rings. The number of furan rings is 1. The molecule has 1 atom stereocenters. The predicted octanol–water partition coefficient (Wildman–Crippen LogP) is 3.48. The molecule has 0 unspecified atom stereocenters. The number of rotatable bonds is 4. The van der Waals surface area contributed by atoms with Crippen LogP contribution in [0.3, 0.4) is 0 Å². The predicted molar refractivity (Wildman–Crippen MR) is 103 cm³/mol. The van der Waals surface area contributed by atoms with Gasteiger partial charge < -0.3 is 14.5 Å². The van der Waals surface area contributed by atoms with Crippen LogP contribution in [0.15, 0.2) is 47.1 Å². The first kappa shape index (κ1) is 19.6. The van der Waals surface area contributed by atoms with Gasteiger partial charge in [-0.15, -0.1) is 0 Å². The van der Waals surface area contributed by atoms with Crippen molar-refractivity contribution in [2.75, 3.05) is 6.61 Å². The summed E-state index contributed by atoms with van der Waals surface area (Å²) in [5.74, 6) is -0.291. The zero-order valence-corrected chi connectivity index (χ0v) is 16.4. The van der Waals surface area contributed by atoms with E-state index >= 15 is 0 Å². The minimum Gasteiger partial charge on any atom is -0.467 e. The Bertz CT molecular complexity index is 875. The lowest BCUT2D eigenvalue weighted by Gasteiger charge is -2.43. The highest BCUT2D eigenvalue weighted by molar-refractivity contribution is 5.98. The minimum atomic E-state index is -0.863. The number of halogens is 1. The van der Waals surface area contributed by atoms with Crippen molar-refractivity contribution >= 4 is 11.8 Å². The van der Waals surface area contributed by atoms with Crippen molar-refractivity contribution in [3.63, 3.8) is 0 Å². The van der Waals surface area contributed by atoms with E-state index in [1.54, 1.807) is 18.2 Å². The molecule has 1 aliphatic carbocycles. The van der Waals surface area contributed by atoms with E-state index in [4.69, 9.17) is 9.15 Å². The maximum absolute atomic E-state index is 14.4. The average Bonchev–Trinajstić information content (AvgIpc) is 3.37. The van der Waals surface area contributed by atoms with Crippen LogP contribution in [0.1, 0.15) is 48.7 Å². The lowest BCUT2D eigenvalue weighted by Crippen LogP contribution is -2.56. The zero-order valence-electron chi connectivity index (χ0n) is 16.4. The SMILES string of the molecule is CC1CCC2(CC1)OC[C@@H](C(=O)NCc1ccco1)N2C(=O)c1ccccc1F. The van der Waals surface area contributed by atoms with Crippen LogP contribution < -0.4 is 5.32 Å². The molecule has 1 aliphatic heterocycles. The van der Waals surface area contributed by atoms with Crippen molar-refractivity contribution in [3.05, 3.63) is 59.8 Å². The molecule has 1 saturated heterocycles. The highest BCUT2D eigenvalue weighted by atomic mass is 19.1. The molecule has 0 bridgehead atoms. The Balaban J connectivity index is 1.60. The van der Waals surface area contributed by atoms with Gasteiger partial charge in [0.15, 0.2) is 0 Å². The molecule has 2 amide bonds. The average molecular weight is 400 g/mol. The number of hydrogen-bond donors (Lipinski definition) is 1. The number of ether oxygens (including phenoxy) is 1. The number of amides is 2. The molecule has 7 heteroatoms. The molecule has 4 rings (SSSR count). The number of hydrogen-bond acceptors (Lipinski definition) is 4. The second-order valence-corrected chi connectivity index (χ2v) is 7.91. The summed E-state index contributed by atoms with van der Waals surface area (Å²) in [5.41, 5.74) is -0.904. The third kappa shape index (κ3) is 3.79. The zero-order chi connectivity index (χ0) is 20.4. The van der Waals surface area contributed by atoms with Crippen LogP contribution in [-0.2, 0) is 16.1 Å². The molecule has 1 aromatic carbocycles. The highest BCUT2D eigenvalue weighted by Gasteiger charge is 2.53. The molecule has 0 radical (unpaired) electrons. The van der Waals surface area contributed by atoms with Crippen molar-refractivity contribution in [2.24, 2.45) is 5.92 Å². The van der Waals surface area contributed by atoms with Gasteiger partial charge in [0.2, 0.25) is 5.91 Å². The summed E-state index contributed by atoms with van der Waals surface area (Å²) < 4.78 is 25.7. The molecular weight excluding hydrogens is 375 g/mol. The molecule has 2 aliphatic rings. The second-order valence-electron chi connectivity index (χ2n) is 7.91. The van der Waals surface area contributed by atoms with E-state index in [0.29, 0.717) is 24.5 Å². The van der Waals surface area contributed by atoms with Crippen LogP contribution in [0, 0.1) is 11.7 Å². The van der Waals surface area contributed by atoms with Gasteiger partial charge in [0.25, 0.3) is 5.91 Å². The van der Waals surface area contributed by atoms with E-state index in [1.165, 1.54) is 29.4 Å². The van der Waals surface area contributed by atoms with Gasteiger partial charge in [-0.3, -0.25) is 14.5 Å². The smallest absolute Gasteiger partial charge is 0.259 e. The van der Waals surface area contributed by atoms with Crippen molar-refractivity contribution in [1.82, 2.24) is 10.2 Å². The van der Waals surface area contributed by atoms with E-state index in [2.05, 4.69) is 12.2 Å². The quantitative estimate of drug-likeness (QED) is 0.853. The molecule has 1 aromatic heterocycles. The van der Waals surface area contributed by atoms with E-state index in [-0.39, 0.29) is 24.6 Å².